The number of hydrogen-bond donors (Lipinski definition) is 4. The van der Waals surface area contributed by atoms with Crippen molar-refractivity contribution in [2.75, 3.05) is 38.0 Å². The Kier molecular flexibility index (Phi) is 7.98. The van der Waals surface area contributed by atoms with Crippen LogP contribution >= 0.6 is 11.9 Å². The molecule has 0 bridgehead atoms. The van der Waals surface area contributed by atoms with Crippen molar-refractivity contribution in [1.82, 2.24) is 19.9 Å². The smallest absolute Gasteiger partial charge is 0.323 e. The summed E-state index contributed by atoms with van der Waals surface area (Å²) >= 11 is 1.33. The lowest BCUT2D eigenvalue weighted by Gasteiger charge is -2.58. The minimum Gasteiger partial charge on any atom is -0.480 e. The van der Waals surface area contributed by atoms with Crippen molar-refractivity contribution in [3.05, 3.63) is 52.2 Å². The number of pyridine rings is 1. The molecule has 5 rings (SSSR count). The van der Waals surface area contributed by atoms with Gasteiger partial charge in [-0.1, -0.05) is 23.8 Å². The largest absolute Gasteiger partial charge is 0.480 e. The first-order chi connectivity index (χ1) is 18.2. The van der Waals surface area contributed by atoms with E-state index in [1.165, 1.54) is 29.5 Å². The van der Waals surface area contributed by atoms with Gasteiger partial charge in [-0.05, 0) is 86.6 Å². The lowest BCUT2D eigenvalue weighted by Crippen LogP contribution is -2.64. The number of likely N-dealkylation sites (tertiary alicyclic amines) is 1. The minimum atomic E-state index is -0.968. The Bertz CT molecular complexity index is 1180. The highest BCUT2D eigenvalue weighted by atomic mass is 32.2. The van der Waals surface area contributed by atoms with Gasteiger partial charge in [0, 0.05) is 55.7 Å². The Morgan fingerprint density at radius 1 is 1.21 bits per heavy atom. The zero-order valence-corrected chi connectivity index (χ0v) is 23.4. The second-order valence-electron chi connectivity index (χ2n) is 11.5. The molecule has 1 saturated heterocycles. The van der Waals surface area contributed by atoms with Crippen molar-refractivity contribution in [1.29, 1.82) is 0 Å². The van der Waals surface area contributed by atoms with Crippen molar-refractivity contribution >= 4 is 29.6 Å². The maximum atomic E-state index is 12.7. The molecule has 1 amide bonds. The van der Waals surface area contributed by atoms with Crippen LogP contribution in [-0.2, 0) is 22.4 Å². The molecule has 1 saturated carbocycles. The number of aromatic nitrogens is 1. The van der Waals surface area contributed by atoms with E-state index in [9.17, 15) is 14.7 Å². The fourth-order valence-corrected chi connectivity index (χ4v) is 7.14. The molecule has 1 unspecified atom stereocenters. The van der Waals surface area contributed by atoms with Crippen molar-refractivity contribution < 1.29 is 14.7 Å². The van der Waals surface area contributed by atoms with E-state index in [2.05, 4.69) is 51.4 Å². The Hall–Kier alpha value is -2.62. The average Bonchev–Trinajstić information content (AvgIpc) is 2.82. The Labute approximate surface area is 229 Å². The third kappa shape index (κ3) is 6.00. The molecule has 1 aromatic carbocycles. The van der Waals surface area contributed by atoms with Crippen LogP contribution < -0.4 is 15.4 Å². The molecule has 204 valence electrons. The van der Waals surface area contributed by atoms with E-state index < -0.39 is 12.0 Å². The third-order valence-corrected chi connectivity index (χ3v) is 9.42. The number of hydrogen-bond acceptors (Lipinski definition) is 7. The average molecular weight is 538 g/mol. The van der Waals surface area contributed by atoms with Crippen LogP contribution in [0.25, 0.3) is 0 Å². The zero-order chi connectivity index (χ0) is 26.9. The molecule has 9 heteroatoms. The van der Waals surface area contributed by atoms with E-state index in [0.29, 0.717) is 0 Å². The molecule has 1 aliphatic carbocycles. The second kappa shape index (κ2) is 11.2. The number of amides is 1. The van der Waals surface area contributed by atoms with Gasteiger partial charge in [-0.3, -0.25) is 9.59 Å². The van der Waals surface area contributed by atoms with Crippen LogP contribution in [-0.4, -0.2) is 65.6 Å². The van der Waals surface area contributed by atoms with Gasteiger partial charge in [0.25, 0.3) is 0 Å². The van der Waals surface area contributed by atoms with Crippen LogP contribution in [0.2, 0.25) is 0 Å². The summed E-state index contributed by atoms with van der Waals surface area (Å²) in [5.74, 6) is 0.0416. The van der Waals surface area contributed by atoms with Gasteiger partial charge in [-0.2, -0.15) is 0 Å². The van der Waals surface area contributed by atoms with E-state index in [4.69, 9.17) is 4.98 Å². The predicted octanol–water partition coefficient (Wildman–Crippen LogP) is 3.49. The van der Waals surface area contributed by atoms with Gasteiger partial charge in [0.15, 0.2) is 0 Å². The molecular weight excluding hydrogens is 498 g/mol. The minimum absolute atomic E-state index is 0.0192. The first kappa shape index (κ1) is 27.0. The number of nitrogens with zero attached hydrogens (tertiary/aromatic N) is 2. The van der Waals surface area contributed by atoms with E-state index in [1.54, 1.807) is 0 Å². The monoisotopic (exact) mass is 537 g/mol. The summed E-state index contributed by atoms with van der Waals surface area (Å²) in [6.45, 7) is 10.2. The fraction of sp³-hybridized carbons (Fsp3) is 0.552. The predicted molar refractivity (Wildman–Crippen MR) is 150 cm³/mol. The first-order valence-electron chi connectivity index (χ1n) is 13.7. The summed E-state index contributed by atoms with van der Waals surface area (Å²) in [6, 6.07) is 7.69. The fourth-order valence-electron chi connectivity index (χ4n) is 6.25. The van der Waals surface area contributed by atoms with Crippen LogP contribution in [0.4, 0.5) is 5.82 Å². The van der Waals surface area contributed by atoms with Crippen molar-refractivity contribution in [2.45, 2.75) is 63.8 Å². The van der Waals surface area contributed by atoms with Crippen LogP contribution in [0.3, 0.4) is 0 Å². The number of aliphatic carboxylic acids is 1. The normalized spacial score (nSPS) is 19.1. The molecule has 1 aromatic heterocycles. The number of carbonyl (C=O) groups excluding carboxylic acids is 1. The number of nitrogens with one attached hydrogen (secondary N) is 3. The lowest BCUT2D eigenvalue weighted by atomic mass is 9.57. The molecule has 0 radical (unpaired) electrons. The van der Waals surface area contributed by atoms with E-state index in [-0.39, 0.29) is 23.8 Å². The van der Waals surface area contributed by atoms with Crippen molar-refractivity contribution in [2.24, 2.45) is 11.3 Å². The number of carboxylic acid groups (broad SMARTS) is 1. The highest BCUT2D eigenvalue weighted by Crippen LogP contribution is 2.51. The molecule has 8 nitrogen and oxygen atoms in total. The SMILES string of the molecule is Cc1cc(C)c(SNC(CNC(=O)C2CC3(C2)CN(CCc2ccc4c(n2)NCCC4)C3)C(=O)O)c(C)c1. The summed E-state index contributed by atoms with van der Waals surface area (Å²) in [5.41, 5.74) is 6.12. The quantitative estimate of drug-likeness (QED) is 0.342. The number of carboxylic acids is 1. The van der Waals surface area contributed by atoms with E-state index in [0.717, 1.165) is 79.4 Å². The number of rotatable bonds is 10. The van der Waals surface area contributed by atoms with Crippen LogP contribution in [0, 0.1) is 32.1 Å². The summed E-state index contributed by atoms with van der Waals surface area (Å²) in [4.78, 5) is 32.8. The molecule has 4 N–H and O–H groups in total. The molecule has 2 aromatic rings. The van der Waals surface area contributed by atoms with Crippen LogP contribution in [0.15, 0.2) is 29.2 Å². The van der Waals surface area contributed by atoms with E-state index in [1.807, 2.05) is 13.8 Å². The van der Waals surface area contributed by atoms with Crippen molar-refractivity contribution in [3.63, 3.8) is 0 Å². The number of fused-ring (bicyclic) bond motifs is 1. The molecule has 3 aliphatic rings. The Morgan fingerprint density at radius 3 is 2.66 bits per heavy atom. The van der Waals surface area contributed by atoms with E-state index >= 15 is 0 Å². The first-order valence-corrected chi connectivity index (χ1v) is 14.5. The number of benzene rings is 1. The second-order valence-corrected chi connectivity index (χ2v) is 12.3. The van der Waals surface area contributed by atoms with Gasteiger partial charge in [-0.15, -0.1) is 0 Å². The molecular formula is C29H39N5O3S. The van der Waals surface area contributed by atoms with Gasteiger partial charge in [0.1, 0.15) is 11.9 Å². The summed E-state index contributed by atoms with van der Waals surface area (Å²) in [6.07, 6.45) is 5.00. The topological polar surface area (TPSA) is 107 Å². The number of anilines is 1. The molecule has 38 heavy (non-hydrogen) atoms. The van der Waals surface area contributed by atoms with Crippen LogP contribution in [0.1, 0.15) is 47.2 Å². The van der Waals surface area contributed by atoms with Gasteiger partial charge in [-0.25, -0.2) is 9.71 Å². The van der Waals surface area contributed by atoms with Crippen LogP contribution in [0.5, 0.6) is 0 Å². The number of carbonyl (C=O) groups is 2. The zero-order valence-electron chi connectivity index (χ0n) is 22.6. The molecule has 3 heterocycles. The summed E-state index contributed by atoms with van der Waals surface area (Å²) < 4.78 is 3.04. The van der Waals surface area contributed by atoms with Gasteiger partial charge in [0.05, 0.1) is 0 Å². The van der Waals surface area contributed by atoms with Gasteiger partial charge >= 0.3 is 5.97 Å². The summed E-state index contributed by atoms with van der Waals surface area (Å²) in [7, 11) is 0. The summed E-state index contributed by atoms with van der Waals surface area (Å²) in [5, 5.41) is 16.0. The lowest BCUT2D eigenvalue weighted by molar-refractivity contribution is -0.144. The highest BCUT2D eigenvalue weighted by Gasteiger charge is 2.53. The maximum Gasteiger partial charge on any atom is 0.323 e. The standard InChI is InChI=1S/C29H39N5O3S/c1-18-11-19(2)25(20(3)12-18)38-33-24(28(36)37)15-31-27(35)22-13-29(14-22)16-34(17-29)10-8-23-7-6-21-5-4-9-30-26(21)32-23/h6-7,11-12,22,24,33H,4-5,8-10,13-17H2,1-3H3,(H,30,32)(H,31,35)(H,36,37). The Balaban J connectivity index is 1.02. The molecule has 2 fully saturated rings. The van der Waals surface area contributed by atoms with Gasteiger partial charge in [0.2, 0.25) is 5.91 Å². The van der Waals surface area contributed by atoms with Gasteiger partial charge < -0.3 is 20.6 Å². The third-order valence-electron chi connectivity index (χ3n) is 8.17. The maximum absolute atomic E-state index is 12.7. The molecule has 2 aliphatic heterocycles. The highest BCUT2D eigenvalue weighted by molar-refractivity contribution is 7.97. The molecule has 1 atom stereocenters. The Morgan fingerprint density at radius 2 is 1.95 bits per heavy atom. The number of aryl methyl sites for hydroxylation is 4. The molecule has 1 spiro atoms. The van der Waals surface area contributed by atoms with Crippen molar-refractivity contribution in [3.8, 4) is 0 Å².